The molecule has 29 heavy (non-hydrogen) atoms. The number of nitrogens with one attached hydrogen (secondary N) is 2. The van der Waals surface area contributed by atoms with Crippen LogP contribution in [0.15, 0.2) is 34.5 Å². The van der Waals surface area contributed by atoms with Crippen molar-refractivity contribution in [1.29, 1.82) is 0 Å². The van der Waals surface area contributed by atoms with Crippen LogP contribution in [0.4, 0.5) is 26.3 Å². The highest BCUT2D eigenvalue weighted by Gasteiger charge is 2.65. The number of carbonyl (C=O) groups is 1. The van der Waals surface area contributed by atoms with Crippen molar-refractivity contribution in [1.82, 2.24) is 10.6 Å². The van der Waals surface area contributed by atoms with E-state index in [1.54, 1.807) is 0 Å². The maximum atomic E-state index is 13.0. The topological polar surface area (TPSA) is 75.1 Å². The maximum absolute atomic E-state index is 13.0. The molecule has 0 bridgehead atoms. The van der Waals surface area contributed by atoms with Crippen LogP contribution in [0.3, 0.4) is 0 Å². The van der Waals surface area contributed by atoms with Crippen molar-refractivity contribution in [2.45, 2.75) is 43.0 Å². The molecule has 0 spiro atoms. The number of amides is 1. The molecular weight excluding hydrogens is 406 g/mol. The molecule has 12 heteroatoms. The Morgan fingerprint density at radius 2 is 1.66 bits per heavy atom. The first kappa shape index (κ1) is 21.5. The average molecular weight is 424 g/mol. The molecule has 0 saturated carbocycles. The molecule has 6 nitrogen and oxygen atoms in total. The number of carbonyl (C=O) groups excluding carboxylic acids is 1. The lowest BCUT2D eigenvalue weighted by Crippen LogP contribution is -2.55. The van der Waals surface area contributed by atoms with E-state index in [1.165, 1.54) is 24.3 Å². The summed E-state index contributed by atoms with van der Waals surface area (Å²) in [6.45, 7) is -0.961. The van der Waals surface area contributed by atoms with Gasteiger partial charge in [-0.2, -0.15) is 26.3 Å². The van der Waals surface area contributed by atoms with Gasteiger partial charge in [-0.1, -0.05) is 24.3 Å². The van der Waals surface area contributed by atoms with Gasteiger partial charge in [0.05, 0.1) is 0 Å². The van der Waals surface area contributed by atoms with Crippen LogP contribution in [0.25, 0.3) is 0 Å². The number of hydrogen-bond donors (Lipinski definition) is 2. The number of rotatable bonds is 6. The monoisotopic (exact) mass is 424 g/mol. The second kappa shape index (κ2) is 7.56. The third-order valence-electron chi connectivity index (χ3n) is 4.84. The summed E-state index contributed by atoms with van der Waals surface area (Å²) in [4.78, 5) is 12.6. The van der Waals surface area contributed by atoms with E-state index in [-0.39, 0.29) is 24.9 Å². The highest BCUT2D eigenvalue weighted by atomic mass is 19.4. The number of piperidine rings is 1. The second-order valence-corrected chi connectivity index (χ2v) is 6.90. The molecule has 1 aromatic rings. The molecule has 0 atom stereocenters. The summed E-state index contributed by atoms with van der Waals surface area (Å²) in [5.74, 6) is -0.689. The minimum absolute atomic E-state index is 0.0724. The van der Waals surface area contributed by atoms with E-state index in [0.717, 1.165) is 0 Å². The minimum Gasteiger partial charge on any atom is -0.356 e. The van der Waals surface area contributed by atoms with Crippen molar-refractivity contribution in [2.75, 3.05) is 19.7 Å². The lowest BCUT2D eigenvalue weighted by molar-refractivity contribution is -0.210. The average Bonchev–Trinajstić information content (AvgIpc) is 3.47. The van der Waals surface area contributed by atoms with E-state index in [0.29, 0.717) is 18.7 Å². The van der Waals surface area contributed by atoms with Gasteiger partial charge in [0.1, 0.15) is 12.2 Å². The van der Waals surface area contributed by atoms with Crippen molar-refractivity contribution in [3.8, 4) is 0 Å². The van der Waals surface area contributed by atoms with Crippen LogP contribution in [0.5, 0.6) is 0 Å². The van der Waals surface area contributed by atoms with Crippen molar-refractivity contribution in [3.05, 3.63) is 35.4 Å². The Labute approximate surface area is 161 Å². The molecule has 0 radical (unpaired) electrons. The second-order valence-electron chi connectivity index (χ2n) is 6.90. The van der Waals surface area contributed by atoms with Gasteiger partial charge in [0.15, 0.2) is 0 Å². The highest BCUT2D eigenvalue weighted by molar-refractivity contribution is 5.85. The molecule has 0 aromatic heterocycles. The van der Waals surface area contributed by atoms with Crippen LogP contribution in [0, 0.1) is 0 Å². The molecule has 2 aliphatic heterocycles. The molecule has 1 fully saturated rings. The molecule has 1 amide bonds. The van der Waals surface area contributed by atoms with E-state index in [9.17, 15) is 31.1 Å². The van der Waals surface area contributed by atoms with Gasteiger partial charge in [0, 0.05) is 12.1 Å². The fourth-order valence-corrected chi connectivity index (χ4v) is 3.13. The number of alkyl halides is 6. The Morgan fingerprint density at radius 3 is 2.14 bits per heavy atom. The molecule has 2 N–H and O–H groups in total. The van der Waals surface area contributed by atoms with Crippen LogP contribution in [-0.2, 0) is 21.7 Å². The molecule has 3 rings (SSSR count). The van der Waals surface area contributed by atoms with E-state index in [1.807, 2.05) is 0 Å². The van der Waals surface area contributed by atoms with Gasteiger partial charge in [-0.05, 0) is 31.5 Å². The Hall–Kier alpha value is -2.21. The van der Waals surface area contributed by atoms with Crippen LogP contribution >= 0.6 is 0 Å². The summed E-state index contributed by atoms with van der Waals surface area (Å²) in [6, 6.07) is 5.15. The van der Waals surface area contributed by atoms with Crippen molar-refractivity contribution < 1.29 is 35.9 Å². The molecule has 160 valence electrons. The van der Waals surface area contributed by atoms with Gasteiger partial charge in [-0.25, -0.2) is 0 Å². The van der Waals surface area contributed by atoms with E-state index >= 15 is 0 Å². The molecule has 1 saturated heterocycles. The third kappa shape index (κ3) is 4.69. The van der Waals surface area contributed by atoms with E-state index in [4.69, 9.17) is 4.74 Å². The number of ether oxygens (including phenoxy) is 1. The molecule has 0 unspecified atom stereocenters. The summed E-state index contributed by atoms with van der Waals surface area (Å²) >= 11 is 0. The largest absolute Gasteiger partial charge is 0.442 e. The zero-order valence-corrected chi connectivity index (χ0v) is 15.0. The highest BCUT2D eigenvalue weighted by Crippen LogP contribution is 2.52. The fourth-order valence-electron chi connectivity index (χ4n) is 3.13. The Morgan fingerprint density at radius 1 is 1.07 bits per heavy atom. The van der Waals surface area contributed by atoms with Crippen LogP contribution < -0.4 is 10.6 Å². The first-order chi connectivity index (χ1) is 13.5. The molecule has 2 heterocycles. The van der Waals surface area contributed by atoms with Crippen LogP contribution in [0.1, 0.15) is 24.0 Å². The summed E-state index contributed by atoms with van der Waals surface area (Å²) in [5.41, 5.74) is -3.81. The van der Waals surface area contributed by atoms with Gasteiger partial charge < -0.3 is 15.4 Å². The first-order valence-corrected chi connectivity index (χ1v) is 8.77. The Kier molecular flexibility index (Phi) is 5.60. The minimum atomic E-state index is -4.64. The molecular formula is C17H18F6N4O2. The predicted molar refractivity (Wildman–Crippen MR) is 87.7 cm³/mol. The lowest BCUT2D eigenvalue weighted by atomic mass is 9.91. The zero-order chi connectivity index (χ0) is 21.3. The molecule has 1 aromatic carbocycles. The van der Waals surface area contributed by atoms with Gasteiger partial charge in [-0.15, -0.1) is 10.2 Å². The molecule has 2 aliphatic rings. The number of hydrogen-bond acceptors (Lipinski definition) is 5. The van der Waals surface area contributed by atoms with Gasteiger partial charge in [-0.3, -0.25) is 4.79 Å². The summed E-state index contributed by atoms with van der Waals surface area (Å²) in [5, 5.41) is 11.7. The van der Waals surface area contributed by atoms with Gasteiger partial charge in [0.25, 0.3) is 5.91 Å². The van der Waals surface area contributed by atoms with E-state index < -0.39 is 36.1 Å². The van der Waals surface area contributed by atoms with Gasteiger partial charge >= 0.3 is 18.0 Å². The Bertz CT molecular complexity index is 764. The first-order valence-electron chi connectivity index (χ1n) is 8.77. The fraction of sp³-hybridized carbons (Fsp3) is 0.588. The van der Waals surface area contributed by atoms with E-state index in [2.05, 4.69) is 20.9 Å². The Balaban J connectivity index is 1.63. The van der Waals surface area contributed by atoms with Crippen molar-refractivity contribution in [3.63, 3.8) is 0 Å². The summed E-state index contributed by atoms with van der Waals surface area (Å²) < 4.78 is 81.6. The van der Waals surface area contributed by atoms with Crippen LogP contribution in [-0.4, -0.2) is 43.6 Å². The number of nitrogens with zero attached hydrogens (tertiary/aromatic N) is 2. The smallest absolute Gasteiger partial charge is 0.356 e. The normalized spacial score (nSPS) is 20.3. The van der Waals surface area contributed by atoms with Crippen molar-refractivity contribution in [2.24, 2.45) is 10.2 Å². The standard InChI is InChI=1S/C17H18F6N4O2/c18-15(19,20)10-29-14(5-7-24-8-6-14)13(28)25-9-11-1-3-12(4-2-11)16(26-27-16)17(21,22)23/h1-4,24H,5-10H2,(H,25,28). The predicted octanol–water partition coefficient (Wildman–Crippen LogP) is 3.18. The summed E-state index contributed by atoms with van der Waals surface area (Å²) in [6.07, 6.45) is -9.06. The maximum Gasteiger partial charge on any atom is 0.442 e. The van der Waals surface area contributed by atoms with Crippen LogP contribution in [0.2, 0.25) is 0 Å². The quantitative estimate of drug-likeness (QED) is 0.689. The number of halogens is 6. The van der Waals surface area contributed by atoms with Crippen molar-refractivity contribution >= 4 is 5.91 Å². The number of benzene rings is 1. The lowest BCUT2D eigenvalue weighted by Gasteiger charge is -2.36. The third-order valence-corrected chi connectivity index (χ3v) is 4.84. The zero-order valence-electron chi connectivity index (χ0n) is 15.0. The SMILES string of the molecule is O=C(NCc1ccc(C2(C(F)(F)F)N=N2)cc1)C1(OCC(F)(F)F)CCNCC1. The van der Waals surface area contributed by atoms with Gasteiger partial charge in [0.2, 0.25) is 0 Å². The summed E-state index contributed by atoms with van der Waals surface area (Å²) in [7, 11) is 0. The molecule has 0 aliphatic carbocycles.